The standard InChI is InChI=1S/C17H36O6Si2/c1-10(2)24(11(3)4)20-9-14-16(15(18)17(19)21-14)22-25(23-24,12(5)6)13(7)8/h10-19H,9H2,1-8H3/t14-,15-,16-,17?/m1/s1. The summed E-state index contributed by atoms with van der Waals surface area (Å²) in [7, 11) is -5.34. The fraction of sp³-hybridized carbons (Fsp3) is 1.00. The average molecular weight is 393 g/mol. The Balaban J connectivity index is 2.53. The van der Waals surface area contributed by atoms with Crippen molar-refractivity contribution in [2.24, 2.45) is 0 Å². The molecule has 2 aliphatic heterocycles. The van der Waals surface area contributed by atoms with Gasteiger partial charge in [-0.2, -0.15) is 0 Å². The lowest BCUT2D eigenvalue weighted by molar-refractivity contribution is -0.132. The van der Waals surface area contributed by atoms with E-state index in [1.165, 1.54) is 0 Å². The highest BCUT2D eigenvalue weighted by Gasteiger charge is 2.61. The Labute approximate surface area is 154 Å². The van der Waals surface area contributed by atoms with Crippen molar-refractivity contribution >= 4 is 17.1 Å². The van der Waals surface area contributed by atoms with E-state index in [-0.39, 0.29) is 28.8 Å². The van der Waals surface area contributed by atoms with Crippen LogP contribution in [0.15, 0.2) is 0 Å². The molecular weight excluding hydrogens is 356 g/mol. The van der Waals surface area contributed by atoms with Gasteiger partial charge in [-0.15, -0.1) is 0 Å². The number of fused-ring (bicyclic) bond motifs is 1. The predicted molar refractivity (Wildman–Crippen MR) is 101 cm³/mol. The SMILES string of the molecule is CC(C)[Si]1(C(C)C)OC[C@H]2OC(O)[C@H](O)[C@@H]2O[Si](C(C)C)(C(C)C)O1. The molecule has 2 saturated heterocycles. The van der Waals surface area contributed by atoms with Crippen molar-refractivity contribution in [1.29, 1.82) is 0 Å². The van der Waals surface area contributed by atoms with Gasteiger partial charge in [0.25, 0.3) is 0 Å². The summed E-state index contributed by atoms with van der Waals surface area (Å²) in [5.74, 6) is 0. The molecule has 0 bridgehead atoms. The molecule has 0 aromatic carbocycles. The van der Waals surface area contributed by atoms with Crippen molar-refractivity contribution in [2.45, 2.75) is 102 Å². The van der Waals surface area contributed by atoms with E-state index in [1.54, 1.807) is 0 Å². The van der Waals surface area contributed by atoms with Gasteiger partial charge in [-0.1, -0.05) is 55.4 Å². The molecule has 2 aliphatic rings. The van der Waals surface area contributed by atoms with Gasteiger partial charge in [0, 0.05) is 0 Å². The minimum Gasteiger partial charge on any atom is -0.414 e. The van der Waals surface area contributed by atoms with Crippen molar-refractivity contribution in [1.82, 2.24) is 0 Å². The lowest BCUT2D eigenvalue weighted by Crippen LogP contribution is -2.65. The monoisotopic (exact) mass is 392 g/mol. The molecule has 4 atom stereocenters. The van der Waals surface area contributed by atoms with Crippen molar-refractivity contribution in [3.05, 3.63) is 0 Å². The highest BCUT2D eigenvalue weighted by atomic mass is 28.5. The molecule has 2 fully saturated rings. The van der Waals surface area contributed by atoms with Crippen LogP contribution in [0.1, 0.15) is 55.4 Å². The summed E-state index contributed by atoms with van der Waals surface area (Å²) in [6.45, 7) is 17.4. The molecule has 2 heterocycles. The van der Waals surface area contributed by atoms with Crippen LogP contribution in [0, 0.1) is 0 Å². The maximum atomic E-state index is 10.4. The summed E-state index contributed by atoms with van der Waals surface area (Å²) < 4.78 is 25.6. The van der Waals surface area contributed by atoms with Crippen molar-refractivity contribution in [3.63, 3.8) is 0 Å². The second-order valence-electron chi connectivity index (χ2n) is 8.61. The molecule has 2 rings (SSSR count). The number of hydrogen-bond acceptors (Lipinski definition) is 6. The Morgan fingerprint density at radius 2 is 1.28 bits per heavy atom. The van der Waals surface area contributed by atoms with E-state index < -0.39 is 41.7 Å². The first-order valence-corrected chi connectivity index (χ1v) is 13.5. The summed E-state index contributed by atoms with van der Waals surface area (Å²) in [5.41, 5.74) is 0.884. The molecule has 25 heavy (non-hydrogen) atoms. The van der Waals surface area contributed by atoms with Gasteiger partial charge in [-0.3, -0.25) is 0 Å². The molecule has 2 N–H and O–H groups in total. The fourth-order valence-corrected chi connectivity index (χ4v) is 15.4. The molecule has 0 aromatic rings. The molecule has 8 heteroatoms. The first kappa shape index (κ1) is 21.5. The Kier molecular flexibility index (Phi) is 6.59. The van der Waals surface area contributed by atoms with E-state index >= 15 is 0 Å². The second kappa shape index (κ2) is 7.67. The third-order valence-electron chi connectivity index (χ3n) is 5.64. The van der Waals surface area contributed by atoms with Crippen LogP contribution in [0.2, 0.25) is 22.2 Å². The second-order valence-corrected chi connectivity index (χ2v) is 17.5. The van der Waals surface area contributed by atoms with Gasteiger partial charge in [0.1, 0.15) is 18.3 Å². The van der Waals surface area contributed by atoms with E-state index in [0.29, 0.717) is 0 Å². The fourth-order valence-electron chi connectivity index (χ4n) is 4.14. The van der Waals surface area contributed by atoms with Gasteiger partial charge in [-0.05, 0) is 22.2 Å². The third-order valence-corrected chi connectivity index (χ3v) is 15.9. The molecule has 0 aromatic heterocycles. The zero-order valence-corrected chi connectivity index (χ0v) is 18.9. The highest BCUT2D eigenvalue weighted by molar-refractivity contribution is 6.83. The van der Waals surface area contributed by atoms with E-state index in [1.807, 2.05) is 0 Å². The van der Waals surface area contributed by atoms with Gasteiger partial charge in [0.05, 0.1) is 6.61 Å². The van der Waals surface area contributed by atoms with Gasteiger partial charge in [-0.25, -0.2) is 0 Å². The Hall–Kier alpha value is 0.194. The lowest BCUT2D eigenvalue weighted by Gasteiger charge is -2.51. The molecule has 1 unspecified atom stereocenters. The van der Waals surface area contributed by atoms with Gasteiger partial charge in [0.2, 0.25) is 0 Å². The zero-order chi connectivity index (χ0) is 19.2. The van der Waals surface area contributed by atoms with Crippen LogP contribution in [0.4, 0.5) is 0 Å². The largest absolute Gasteiger partial charge is 0.414 e. The molecule has 0 saturated carbocycles. The Morgan fingerprint density at radius 3 is 1.72 bits per heavy atom. The molecular formula is C17H36O6Si2. The van der Waals surface area contributed by atoms with E-state index in [2.05, 4.69) is 55.4 Å². The molecule has 0 radical (unpaired) electrons. The normalized spacial score (nSPS) is 35.3. The third kappa shape index (κ3) is 3.64. The smallest absolute Gasteiger partial charge is 0.335 e. The summed E-state index contributed by atoms with van der Waals surface area (Å²) in [4.78, 5) is 0. The highest BCUT2D eigenvalue weighted by Crippen LogP contribution is 2.47. The van der Waals surface area contributed by atoms with Crippen molar-refractivity contribution in [3.8, 4) is 0 Å². The zero-order valence-electron chi connectivity index (χ0n) is 16.9. The van der Waals surface area contributed by atoms with Crippen LogP contribution in [0.3, 0.4) is 0 Å². The quantitative estimate of drug-likeness (QED) is 0.716. The molecule has 0 amide bonds. The summed E-state index contributed by atoms with van der Waals surface area (Å²) in [6.07, 6.45) is -3.40. The summed E-state index contributed by atoms with van der Waals surface area (Å²) in [6, 6.07) is 0. The lowest BCUT2D eigenvalue weighted by atomic mass is 10.1. The van der Waals surface area contributed by atoms with Crippen LogP contribution >= 0.6 is 0 Å². The molecule has 0 aliphatic carbocycles. The van der Waals surface area contributed by atoms with Crippen molar-refractivity contribution in [2.75, 3.05) is 6.61 Å². The van der Waals surface area contributed by atoms with Crippen LogP contribution in [-0.4, -0.2) is 58.5 Å². The van der Waals surface area contributed by atoms with E-state index in [4.69, 9.17) is 17.7 Å². The molecule has 0 spiro atoms. The minimum atomic E-state index is -2.75. The van der Waals surface area contributed by atoms with E-state index in [0.717, 1.165) is 0 Å². The van der Waals surface area contributed by atoms with E-state index in [9.17, 15) is 10.2 Å². The number of ether oxygens (including phenoxy) is 1. The maximum absolute atomic E-state index is 10.4. The number of aliphatic hydroxyl groups excluding tert-OH is 2. The van der Waals surface area contributed by atoms with Crippen molar-refractivity contribution < 1.29 is 27.9 Å². The molecule has 148 valence electrons. The summed E-state index contributed by atoms with van der Waals surface area (Å²) >= 11 is 0. The topological polar surface area (TPSA) is 77.4 Å². The van der Waals surface area contributed by atoms with Gasteiger partial charge < -0.3 is 27.9 Å². The van der Waals surface area contributed by atoms with Gasteiger partial charge >= 0.3 is 17.1 Å². The predicted octanol–water partition coefficient (Wildman–Crippen LogP) is 3.02. The van der Waals surface area contributed by atoms with Gasteiger partial charge in [0.15, 0.2) is 6.29 Å². The average Bonchev–Trinajstić information content (AvgIpc) is 2.73. The molecule has 6 nitrogen and oxygen atoms in total. The Bertz CT molecular complexity index is 440. The van der Waals surface area contributed by atoms with Crippen LogP contribution < -0.4 is 0 Å². The van der Waals surface area contributed by atoms with Crippen LogP contribution in [0.25, 0.3) is 0 Å². The maximum Gasteiger partial charge on any atom is 0.335 e. The summed E-state index contributed by atoms with van der Waals surface area (Å²) in [5, 5.41) is 20.4. The van der Waals surface area contributed by atoms with Crippen LogP contribution in [0.5, 0.6) is 0 Å². The minimum absolute atomic E-state index is 0.184. The number of aliphatic hydroxyl groups is 2. The first-order valence-electron chi connectivity index (χ1n) is 9.51. The number of rotatable bonds is 4. The number of hydrogen-bond donors (Lipinski definition) is 2. The Morgan fingerprint density at radius 1 is 0.800 bits per heavy atom. The van der Waals surface area contributed by atoms with Crippen LogP contribution in [-0.2, 0) is 17.7 Å². The first-order chi connectivity index (χ1) is 11.5.